The van der Waals surface area contributed by atoms with Crippen molar-refractivity contribution in [2.45, 2.75) is 26.8 Å². The van der Waals surface area contributed by atoms with Crippen LogP contribution in [-0.4, -0.2) is 19.7 Å². The molecule has 0 spiro atoms. The number of aromatic amines is 1. The molecule has 6 heteroatoms. The highest BCUT2D eigenvalue weighted by Crippen LogP contribution is 2.24. The highest BCUT2D eigenvalue weighted by Gasteiger charge is 2.15. The quantitative estimate of drug-likeness (QED) is 0.798. The second-order valence-corrected chi connectivity index (χ2v) is 4.56. The van der Waals surface area contributed by atoms with Gasteiger partial charge in [0.2, 0.25) is 0 Å². The van der Waals surface area contributed by atoms with Crippen molar-refractivity contribution in [3.8, 4) is 11.5 Å². The number of halogens is 2. The lowest BCUT2D eigenvalue weighted by Gasteiger charge is -2.00. The van der Waals surface area contributed by atoms with Crippen LogP contribution >= 0.6 is 0 Å². The summed E-state index contributed by atoms with van der Waals surface area (Å²) in [5, 5.41) is 4.42. The molecule has 0 aliphatic carbocycles. The molecule has 2 aromatic heterocycles. The molecule has 1 N–H and O–H groups in total. The summed E-state index contributed by atoms with van der Waals surface area (Å²) in [5.74, 6) is -0.789. The first-order valence-electron chi connectivity index (χ1n) is 6.54. The first-order chi connectivity index (χ1) is 9.62. The van der Waals surface area contributed by atoms with Gasteiger partial charge in [-0.05, 0) is 25.5 Å². The summed E-state index contributed by atoms with van der Waals surface area (Å²) in [7, 11) is 0. The zero-order valence-corrected chi connectivity index (χ0v) is 11.2. The molecule has 2 heterocycles. The molecule has 1 aromatic carbocycles. The SMILES string of the molecule is CCc1cc(-c2nc3c(F)cc(F)cc3[nH]2)n(CC)n1. The third kappa shape index (κ3) is 1.97. The summed E-state index contributed by atoms with van der Waals surface area (Å²) in [6.45, 7) is 4.67. The third-order valence-corrected chi connectivity index (χ3v) is 3.24. The number of nitrogens with one attached hydrogen (secondary N) is 1. The lowest BCUT2D eigenvalue weighted by atomic mass is 10.3. The normalized spacial score (nSPS) is 11.4. The predicted octanol–water partition coefficient (Wildman–Crippen LogP) is 3.29. The standard InChI is InChI=1S/C14H14F2N4/c1-3-9-7-12(20(4-2)19-9)14-17-11-6-8(15)5-10(16)13(11)18-14/h5-7H,3-4H2,1-2H3,(H,17,18). The van der Waals surface area contributed by atoms with Gasteiger partial charge in [-0.15, -0.1) is 0 Å². The van der Waals surface area contributed by atoms with Crippen molar-refractivity contribution in [2.24, 2.45) is 0 Å². The number of fused-ring (bicyclic) bond motifs is 1. The monoisotopic (exact) mass is 276 g/mol. The average Bonchev–Trinajstić information content (AvgIpc) is 3.01. The molecule has 20 heavy (non-hydrogen) atoms. The number of aryl methyl sites for hydroxylation is 2. The minimum absolute atomic E-state index is 0.142. The molecule has 0 unspecified atom stereocenters. The van der Waals surface area contributed by atoms with Gasteiger partial charge < -0.3 is 4.98 Å². The number of rotatable bonds is 3. The zero-order valence-electron chi connectivity index (χ0n) is 11.2. The maximum absolute atomic E-state index is 13.7. The molecule has 4 nitrogen and oxygen atoms in total. The molecule has 0 bridgehead atoms. The Morgan fingerprint density at radius 3 is 2.70 bits per heavy atom. The van der Waals surface area contributed by atoms with Crippen molar-refractivity contribution >= 4 is 11.0 Å². The Balaban J connectivity index is 2.19. The van der Waals surface area contributed by atoms with Gasteiger partial charge in [-0.25, -0.2) is 13.8 Å². The van der Waals surface area contributed by atoms with Gasteiger partial charge in [-0.2, -0.15) is 5.10 Å². The van der Waals surface area contributed by atoms with E-state index in [4.69, 9.17) is 0 Å². The molecular weight excluding hydrogens is 262 g/mol. The minimum atomic E-state index is -0.666. The van der Waals surface area contributed by atoms with Crippen molar-refractivity contribution in [1.82, 2.24) is 19.7 Å². The molecule has 0 aliphatic rings. The molecule has 3 aromatic rings. The van der Waals surface area contributed by atoms with Crippen LogP contribution in [0.1, 0.15) is 19.5 Å². The lowest BCUT2D eigenvalue weighted by Crippen LogP contribution is -2.00. The zero-order chi connectivity index (χ0) is 14.3. The second-order valence-electron chi connectivity index (χ2n) is 4.56. The Morgan fingerprint density at radius 2 is 2.00 bits per heavy atom. The third-order valence-electron chi connectivity index (χ3n) is 3.24. The number of hydrogen-bond acceptors (Lipinski definition) is 2. The van der Waals surface area contributed by atoms with Crippen molar-refractivity contribution in [3.05, 3.63) is 35.5 Å². The van der Waals surface area contributed by atoms with E-state index in [0.717, 1.165) is 23.9 Å². The fourth-order valence-corrected chi connectivity index (χ4v) is 2.24. The van der Waals surface area contributed by atoms with Crippen LogP contribution in [0.3, 0.4) is 0 Å². The number of hydrogen-bond donors (Lipinski definition) is 1. The number of nitrogens with zero attached hydrogens (tertiary/aromatic N) is 3. The van der Waals surface area contributed by atoms with Gasteiger partial charge in [0, 0.05) is 12.6 Å². The van der Waals surface area contributed by atoms with Crippen LogP contribution in [0.2, 0.25) is 0 Å². The first kappa shape index (κ1) is 12.8. The maximum atomic E-state index is 13.7. The molecule has 104 valence electrons. The largest absolute Gasteiger partial charge is 0.336 e. The summed E-state index contributed by atoms with van der Waals surface area (Å²) < 4.78 is 28.7. The van der Waals surface area contributed by atoms with Crippen LogP contribution in [0.4, 0.5) is 8.78 Å². The Kier molecular flexibility index (Phi) is 3.00. The van der Waals surface area contributed by atoms with Crippen molar-refractivity contribution in [1.29, 1.82) is 0 Å². The Hall–Kier alpha value is -2.24. The smallest absolute Gasteiger partial charge is 0.156 e. The molecule has 3 rings (SSSR count). The van der Waals surface area contributed by atoms with Gasteiger partial charge in [-0.1, -0.05) is 6.92 Å². The molecule has 0 atom stereocenters. The van der Waals surface area contributed by atoms with Crippen molar-refractivity contribution < 1.29 is 8.78 Å². The molecular formula is C14H14F2N4. The summed E-state index contributed by atoms with van der Waals surface area (Å²) in [4.78, 5) is 7.18. The van der Waals surface area contributed by atoms with E-state index >= 15 is 0 Å². The Labute approximate surface area is 114 Å². The van der Waals surface area contributed by atoms with E-state index in [0.29, 0.717) is 17.9 Å². The van der Waals surface area contributed by atoms with E-state index in [2.05, 4.69) is 15.1 Å². The minimum Gasteiger partial charge on any atom is -0.336 e. The van der Waals surface area contributed by atoms with E-state index < -0.39 is 11.6 Å². The van der Waals surface area contributed by atoms with Crippen LogP contribution in [0, 0.1) is 11.6 Å². The van der Waals surface area contributed by atoms with Gasteiger partial charge in [0.15, 0.2) is 11.6 Å². The number of H-pyrrole nitrogens is 1. The number of aromatic nitrogens is 4. The highest BCUT2D eigenvalue weighted by molar-refractivity contribution is 5.79. The van der Waals surface area contributed by atoms with Crippen LogP contribution in [0.25, 0.3) is 22.6 Å². The summed E-state index contributed by atoms with van der Waals surface area (Å²) >= 11 is 0. The van der Waals surface area contributed by atoms with Gasteiger partial charge in [0.1, 0.15) is 17.0 Å². The lowest BCUT2D eigenvalue weighted by molar-refractivity contribution is 0.590. The van der Waals surface area contributed by atoms with Gasteiger partial charge in [-0.3, -0.25) is 4.68 Å². The fourth-order valence-electron chi connectivity index (χ4n) is 2.24. The fraction of sp³-hybridized carbons (Fsp3) is 0.286. The Morgan fingerprint density at radius 1 is 1.20 bits per heavy atom. The molecule has 0 fully saturated rings. The Bertz CT molecular complexity index is 773. The molecule has 0 aliphatic heterocycles. The molecule has 0 saturated heterocycles. The van der Waals surface area contributed by atoms with Crippen molar-refractivity contribution in [3.63, 3.8) is 0 Å². The van der Waals surface area contributed by atoms with E-state index in [1.807, 2.05) is 19.9 Å². The van der Waals surface area contributed by atoms with E-state index in [1.165, 1.54) is 6.07 Å². The van der Waals surface area contributed by atoms with E-state index in [1.54, 1.807) is 4.68 Å². The van der Waals surface area contributed by atoms with Crippen LogP contribution < -0.4 is 0 Å². The first-order valence-corrected chi connectivity index (χ1v) is 6.54. The van der Waals surface area contributed by atoms with E-state index in [9.17, 15) is 8.78 Å². The molecule has 0 radical (unpaired) electrons. The summed E-state index contributed by atoms with van der Waals surface area (Å²) in [5.41, 5.74) is 2.21. The van der Waals surface area contributed by atoms with Gasteiger partial charge in [0.25, 0.3) is 0 Å². The number of benzene rings is 1. The highest BCUT2D eigenvalue weighted by atomic mass is 19.1. The van der Waals surface area contributed by atoms with Crippen LogP contribution in [-0.2, 0) is 13.0 Å². The molecule has 0 amide bonds. The van der Waals surface area contributed by atoms with Gasteiger partial charge >= 0.3 is 0 Å². The van der Waals surface area contributed by atoms with E-state index in [-0.39, 0.29) is 5.52 Å². The summed E-state index contributed by atoms with van der Waals surface area (Å²) in [6, 6.07) is 3.99. The maximum Gasteiger partial charge on any atom is 0.156 e. The predicted molar refractivity (Wildman–Crippen MR) is 72.3 cm³/mol. The second kappa shape index (κ2) is 4.70. The summed E-state index contributed by atoms with van der Waals surface area (Å²) in [6.07, 6.45) is 0.809. The number of imidazole rings is 1. The van der Waals surface area contributed by atoms with Crippen LogP contribution in [0.15, 0.2) is 18.2 Å². The van der Waals surface area contributed by atoms with Gasteiger partial charge in [0.05, 0.1) is 11.2 Å². The van der Waals surface area contributed by atoms with Crippen LogP contribution in [0.5, 0.6) is 0 Å². The topological polar surface area (TPSA) is 46.5 Å². The molecule has 0 saturated carbocycles. The van der Waals surface area contributed by atoms with Crippen molar-refractivity contribution in [2.75, 3.05) is 0 Å². The average molecular weight is 276 g/mol.